The van der Waals surface area contributed by atoms with Crippen LogP contribution in [0.3, 0.4) is 0 Å². The van der Waals surface area contributed by atoms with Crippen molar-refractivity contribution in [2.45, 2.75) is 51.4 Å². The number of aliphatic hydroxyl groups excluding tert-OH is 2. The quantitative estimate of drug-likeness (QED) is 0.402. The van der Waals surface area contributed by atoms with E-state index in [0.717, 1.165) is 21.4 Å². The molecular weight excluding hydrogens is 207 g/mol. The third kappa shape index (κ3) is 14.4. The molecule has 0 aromatic carbocycles. The molecular formula is C12H27O2P. The molecule has 0 aromatic rings. The molecule has 0 aliphatic heterocycles. The Bertz CT molecular complexity index is 97.8. The fraction of sp³-hybridized carbons (Fsp3) is 1.00. The van der Waals surface area contributed by atoms with Gasteiger partial charge in [0.15, 0.2) is 0 Å². The molecule has 0 aromatic heterocycles. The predicted octanol–water partition coefficient (Wildman–Crippen LogP) is 2.77. The average Bonchev–Trinajstić information content (AvgIpc) is 2.26. The molecule has 0 bridgehead atoms. The number of hydrogen-bond donors (Lipinski definition) is 2. The zero-order valence-corrected chi connectivity index (χ0v) is 10.9. The van der Waals surface area contributed by atoms with Gasteiger partial charge in [0, 0.05) is 13.2 Å². The lowest BCUT2D eigenvalue weighted by molar-refractivity contribution is 0.283. The smallest absolute Gasteiger partial charge is 0.0431 e. The lowest BCUT2D eigenvalue weighted by atomic mass is 10.2. The Hall–Kier alpha value is 0.350. The van der Waals surface area contributed by atoms with E-state index in [1.54, 1.807) is 0 Å². The Balaban J connectivity index is 2.81. The summed E-state index contributed by atoms with van der Waals surface area (Å²) in [7, 11) is 1.13. The molecule has 0 aliphatic carbocycles. The van der Waals surface area contributed by atoms with Crippen LogP contribution in [0.25, 0.3) is 0 Å². The average molecular weight is 234 g/mol. The Labute approximate surface area is 96.3 Å². The van der Waals surface area contributed by atoms with E-state index in [2.05, 4.69) is 0 Å². The van der Waals surface area contributed by atoms with Crippen molar-refractivity contribution in [3.63, 3.8) is 0 Å². The van der Waals surface area contributed by atoms with E-state index in [1.807, 2.05) is 0 Å². The van der Waals surface area contributed by atoms with Crippen LogP contribution in [0.5, 0.6) is 0 Å². The molecule has 0 rings (SSSR count). The molecule has 2 N–H and O–H groups in total. The van der Waals surface area contributed by atoms with Gasteiger partial charge in [-0.25, -0.2) is 0 Å². The van der Waals surface area contributed by atoms with Crippen LogP contribution in [-0.4, -0.2) is 35.8 Å². The van der Waals surface area contributed by atoms with Gasteiger partial charge >= 0.3 is 0 Å². The largest absolute Gasteiger partial charge is 0.396 e. The summed E-state index contributed by atoms with van der Waals surface area (Å²) >= 11 is 0. The Kier molecular flexibility index (Phi) is 14.7. The number of rotatable bonds is 12. The van der Waals surface area contributed by atoms with Gasteiger partial charge in [-0.2, -0.15) is 0 Å². The normalized spacial score (nSPS) is 10.8. The first-order chi connectivity index (χ1) is 7.41. The molecule has 0 radical (unpaired) electrons. The van der Waals surface area contributed by atoms with E-state index < -0.39 is 0 Å². The summed E-state index contributed by atoms with van der Waals surface area (Å²) in [6.07, 6.45) is 12.4. The van der Waals surface area contributed by atoms with Crippen molar-refractivity contribution >= 4 is 8.58 Å². The highest BCUT2D eigenvalue weighted by molar-refractivity contribution is 7.37. The third-order valence-corrected chi connectivity index (χ3v) is 3.94. The lowest BCUT2D eigenvalue weighted by Gasteiger charge is -2.02. The van der Waals surface area contributed by atoms with Crippen LogP contribution >= 0.6 is 8.58 Å². The van der Waals surface area contributed by atoms with Gasteiger partial charge in [-0.3, -0.25) is 0 Å². The van der Waals surface area contributed by atoms with Crippen molar-refractivity contribution in [2.75, 3.05) is 25.5 Å². The highest BCUT2D eigenvalue weighted by Crippen LogP contribution is 2.16. The number of aliphatic hydroxyl groups is 2. The zero-order chi connectivity index (χ0) is 11.2. The van der Waals surface area contributed by atoms with Gasteiger partial charge in [0.05, 0.1) is 0 Å². The van der Waals surface area contributed by atoms with Gasteiger partial charge in [0.25, 0.3) is 0 Å². The highest BCUT2D eigenvalue weighted by Gasteiger charge is 1.92. The maximum absolute atomic E-state index is 8.59. The van der Waals surface area contributed by atoms with E-state index in [1.165, 1.54) is 50.8 Å². The number of hydrogen-bond acceptors (Lipinski definition) is 2. The fourth-order valence-corrected chi connectivity index (χ4v) is 2.81. The molecule has 0 spiro atoms. The van der Waals surface area contributed by atoms with Crippen molar-refractivity contribution in [1.29, 1.82) is 0 Å². The molecule has 0 saturated heterocycles. The zero-order valence-electron chi connectivity index (χ0n) is 9.88. The van der Waals surface area contributed by atoms with Crippen LogP contribution < -0.4 is 0 Å². The van der Waals surface area contributed by atoms with Crippen molar-refractivity contribution < 1.29 is 10.2 Å². The van der Waals surface area contributed by atoms with Crippen molar-refractivity contribution in [2.24, 2.45) is 0 Å². The number of unbranched alkanes of at least 4 members (excludes halogenated alkanes) is 6. The monoisotopic (exact) mass is 234 g/mol. The predicted molar refractivity (Wildman–Crippen MR) is 69.2 cm³/mol. The molecule has 2 nitrogen and oxygen atoms in total. The SMILES string of the molecule is OCCCCCCPCCCCCCO. The van der Waals surface area contributed by atoms with Gasteiger partial charge in [-0.1, -0.05) is 25.7 Å². The molecule has 0 amide bonds. The minimum atomic E-state index is 0.354. The van der Waals surface area contributed by atoms with Gasteiger partial charge in [0.2, 0.25) is 0 Å². The summed E-state index contributed by atoms with van der Waals surface area (Å²) in [5.74, 6) is 0. The topological polar surface area (TPSA) is 40.5 Å². The Morgan fingerprint density at radius 3 is 1.33 bits per heavy atom. The molecule has 0 fully saturated rings. The summed E-state index contributed by atoms with van der Waals surface area (Å²) in [6.45, 7) is 0.709. The maximum atomic E-state index is 8.59. The van der Waals surface area contributed by atoms with E-state index in [4.69, 9.17) is 10.2 Å². The van der Waals surface area contributed by atoms with Crippen LogP contribution in [-0.2, 0) is 0 Å². The van der Waals surface area contributed by atoms with Crippen molar-refractivity contribution in [3.05, 3.63) is 0 Å². The summed E-state index contributed by atoms with van der Waals surface area (Å²) in [4.78, 5) is 0. The van der Waals surface area contributed by atoms with Gasteiger partial charge in [-0.05, 0) is 38.0 Å². The molecule has 92 valence electrons. The first-order valence-corrected chi connectivity index (χ1v) is 7.75. The second-order valence-electron chi connectivity index (χ2n) is 4.03. The van der Waals surface area contributed by atoms with E-state index in [0.29, 0.717) is 13.2 Å². The Morgan fingerprint density at radius 1 is 0.533 bits per heavy atom. The molecule has 0 saturated carbocycles. The first-order valence-electron chi connectivity index (χ1n) is 6.34. The van der Waals surface area contributed by atoms with E-state index in [9.17, 15) is 0 Å². The minimum Gasteiger partial charge on any atom is -0.396 e. The van der Waals surface area contributed by atoms with Crippen LogP contribution in [0.2, 0.25) is 0 Å². The highest BCUT2D eigenvalue weighted by atomic mass is 31.1. The van der Waals surface area contributed by atoms with Crippen molar-refractivity contribution in [1.82, 2.24) is 0 Å². The first kappa shape index (κ1) is 15.3. The summed E-state index contributed by atoms with van der Waals surface area (Å²) in [5.41, 5.74) is 0. The fourth-order valence-electron chi connectivity index (χ4n) is 1.56. The second kappa shape index (κ2) is 14.3. The molecule has 15 heavy (non-hydrogen) atoms. The Morgan fingerprint density at radius 2 is 0.933 bits per heavy atom. The molecule has 0 aliphatic rings. The standard InChI is InChI=1S/C12H27O2P/c13-9-5-1-3-7-11-15-12-8-4-2-6-10-14/h13-15H,1-12H2. The van der Waals surface area contributed by atoms with Crippen LogP contribution in [0.1, 0.15) is 51.4 Å². The van der Waals surface area contributed by atoms with Crippen LogP contribution in [0, 0.1) is 0 Å². The van der Waals surface area contributed by atoms with Gasteiger partial charge < -0.3 is 10.2 Å². The van der Waals surface area contributed by atoms with E-state index >= 15 is 0 Å². The van der Waals surface area contributed by atoms with Crippen LogP contribution in [0.15, 0.2) is 0 Å². The van der Waals surface area contributed by atoms with Gasteiger partial charge in [-0.15, -0.1) is 8.58 Å². The maximum Gasteiger partial charge on any atom is 0.0431 e. The summed E-state index contributed by atoms with van der Waals surface area (Å²) < 4.78 is 0. The lowest BCUT2D eigenvalue weighted by Crippen LogP contribution is -1.87. The van der Waals surface area contributed by atoms with Crippen molar-refractivity contribution in [3.8, 4) is 0 Å². The summed E-state index contributed by atoms with van der Waals surface area (Å²) in [6, 6.07) is 0. The minimum absolute atomic E-state index is 0.354. The molecule has 0 heterocycles. The van der Waals surface area contributed by atoms with Gasteiger partial charge in [0.1, 0.15) is 0 Å². The summed E-state index contributed by atoms with van der Waals surface area (Å²) in [5, 5.41) is 17.2. The van der Waals surface area contributed by atoms with Crippen LogP contribution in [0.4, 0.5) is 0 Å². The molecule has 0 unspecified atom stereocenters. The third-order valence-electron chi connectivity index (χ3n) is 2.52. The second-order valence-corrected chi connectivity index (χ2v) is 5.53. The molecule has 0 atom stereocenters. The molecule has 3 heteroatoms. The van der Waals surface area contributed by atoms with E-state index in [-0.39, 0.29) is 0 Å².